The fourth-order valence-corrected chi connectivity index (χ4v) is 4.13. The minimum Gasteiger partial charge on any atom is -0.446 e. The van der Waals surface area contributed by atoms with Crippen LogP contribution in [0.5, 0.6) is 0 Å². The van der Waals surface area contributed by atoms with Gasteiger partial charge in [-0.3, -0.25) is 5.10 Å². The molecule has 0 radical (unpaired) electrons. The summed E-state index contributed by atoms with van der Waals surface area (Å²) in [4.78, 5) is 16.5. The Morgan fingerprint density at radius 3 is 2.91 bits per heavy atom. The third kappa shape index (κ3) is 4.27. The molecule has 2 saturated carbocycles. The van der Waals surface area contributed by atoms with Crippen LogP contribution < -0.4 is 16.4 Å². The van der Waals surface area contributed by atoms with Crippen molar-refractivity contribution in [3.05, 3.63) is 35.9 Å². The Bertz CT molecular complexity index is 1140. The first kappa shape index (κ1) is 20.7. The summed E-state index contributed by atoms with van der Waals surface area (Å²) in [6.45, 7) is 5.88. The molecule has 1 amide bonds. The number of H-pyrrole nitrogens is 1. The first-order valence-electron chi connectivity index (χ1n) is 11.1. The Balaban J connectivity index is 1.24. The van der Waals surface area contributed by atoms with E-state index in [1.54, 1.807) is 16.9 Å². The highest BCUT2D eigenvalue weighted by atomic mass is 16.6. The second kappa shape index (κ2) is 7.47. The van der Waals surface area contributed by atoms with Crippen LogP contribution in [0, 0.1) is 0 Å². The molecule has 0 aliphatic heterocycles. The number of carbonyl (C=O) groups excluding carboxylic acids is 1. The van der Waals surface area contributed by atoms with Crippen LogP contribution >= 0.6 is 0 Å². The number of nitrogens with one attached hydrogen (secondary N) is 3. The average molecular weight is 439 g/mol. The number of nitrogens with zero attached hydrogens (tertiary/aromatic N) is 4. The Hall–Kier alpha value is -3.14. The molecule has 0 saturated heterocycles. The predicted octanol–water partition coefficient (Wildman–Crippen LogP) is 3.30. The summed E-state index contributed by atoms with van der Waals surface area (Å²) in [6.07, 6.45) is 7.74. The number of alkyl carbamates (subject to hydrolysis) is 1. The van der Waals surface area contributed by atoms with Crippen molar-refractivity contribution in [2.75, 3.05) is 5.32 Å². The van der Waals surface area contributed by atoms with E-state index in [-0.39, 0.29) is 23.7 Å². The lowest BCUT2D eigenvalue weighted by molar-refractivity contribution is 0.0967. The number of hydrogen-bond acceptors (Lipinski definition) is 7. The van der Waals surface area contributed by atoms with Crippen molar-refractivity contribution in [1.29, 1.82) is 0 Å². The number of amides is 1. The van der Waals surface area contributed by atoms with Crippen LogP contribution in [0.2, 0.25) is 0 Å². The second-order valence-corrected chi connectivity index (χ2v) is 9.91. The van der Waals surface area contributed by atoms with Crippen molar-refractivity contribution >= 4 is 23.2 Å². The molecule has 3 heterocycles. The summed E-state index contributed by atoms with van der Waals surface area (Å²) in [6, 6.07) is 3.93. The maximum absolute atomic E-state index is 12.1. The Labute approximate surface area is 186 Å². The zero-order valence-electron chi connectivity index (χ0n) is 18.7. The van der Waals surface area contributed by atoms with Gasteiger partial charge in [0, 0.05) is 35.6 Å². The van der Waals surface area contributed by atoms with Gasteiger partial charge < -0.3 is 21.1 Å². The molecule has 170 valence electrons. The highest BCUT2D eigenvalue weighted by molar-refractivity contribution is 5.72. The monoisotopic (exact) mass is 438 g/mol. The van der Waals surface area contributed by atoms with Gasteiger partial charge in [0.2, 0.25) is 0 Å². The SMILES string of the molecule is CC1(NC(=O)O[C@@H]2CC[C@H](c3cc(Nc4nccn5nc(C(C)(C)N)cc45)n[nH]3)C2)CC1. The van der Waals surface area contributed by atoms with E-state index in [1.807, 2.05) is 32.9 Å². The molecule has 10 nitrogen and oxygen atoms in total. The molecule has 0 aromatic carbocycles. The fraction of sp³-hybridized carbons (Fsp3) is 0.545. The van der Waals surface area contributed by atoms with Crippen LogP contribution in [0.4, 0.5) is 16.4 Å². The number of hydrogen-bond donors (Lipinski definition) is 4. The first-order chi connectivity index (χ1) is 15.2. The van der Waals surface area contributed by atoms with Crippen molar-refractivity contribution in [3.8, 4) is 0 Å². The van der Waals surface area contributed by atoms with Crippen LogP contribution in [-0.2, 0) is 10.3 Å². The quantitative estimate of drug-likeness (QED) is 0.464. The molecule has 2 fully saturated rings. The van der Waals surface area contributed by atoms with Crippen molar-refractivity contribution in [1.82, 2.24) is 30.1 Å². The molecule has 3 aromatic rings. The Morgan fingerprint density at radius 1 is 1.34 bits per heavy atom. The highest BCUT2D eigenvalue weighted by Crippen LogP contribution is 2.37. The van der Waals surface area contributed by atoms with E-state index in [1.165, 1.54) is 0 Å². The van der Waals surface area contributed by atoms with Gasteiger partial charge in [-0.25, -0.2) is 14.3 Å². The van der Waals surface area contributed by atoms with Gasteiger partial charge in [-0.05, 0) is 58.9 Å². The molecular formula is C22H30N8O2. The topological polar surface area (TPSA) is 135 Å². The number of fused-ring (bicyclic) bond motifs is 1. The summed E-state index contributed by atoms with van der Waals surface area (Å²) in [5.74, 6) is 1.61. The summed E-state index contributed by atoms with van der Waals surface area (Å²) >= 11 is 0. The summed E-state index contributed by atoms with van der Waals surface area (Å²) in [5.41, 5.74) is 8.23. The Kier molecular flexibility index (Phi) is 4.85. The number of rotatable bonds is 6. The zero-order valence-corrected chi connectivity index (χ0v) is 18.7. The van der Waals surface area contributed by atoms with E-state index in [2.05, 4.69) is 30.9 Å². The van der Waals surface area contributed by atoms with Gasteiger partial charge in [-0.2, -0.15) is 10.2 Å². The number of anilines is 2. The number of nitrogens with two attached hydrogens (primary N) is 1. The lowest BCUT2D eigenvalue weighted by Crippen LogP contribution is -2.36. The van der Waals surface area contributed by atoms with Crippen LogP contribution in [-0.4, -0.2) is 42.5 Å². The summed E-state index contributed by atoms with van der Waals surface area (Å²) in [5, 5.41) is 18.3. The van der Waals surface area contributed by atoms with E-state index < -0.39 is 5.54 Å². The van der Waals surface area contributed by atoms with Gasteiger partial charge in [0.1, 0.15) is 11.6 Å². The molecular weight excluding hydrogens is 408 g/mol. The normalized spacial score (nSPS) is 22.1. The third-order valence-corrected chi connectivity index (χ3v) is 6.40. The minimum atomic E-state index is -0.544. The number of aromatic amines is 1. The van der Waals surface area contributed by atoms with Crippen LogP contribution in [0.15, 0.2) is 24.5 Å². The predicted molar refractivity (Wildman–Crippen MR) is 120 cm³/mol. The van der Waals surface area contributed by atoms with Gasteiger partial charge >= 0.3 is 6.09 Å². The van der Waals surface area contributed by atoms with Crippen LogP contribution in [0.25, 0.3) is 5.52 Å². The largest absolute Gasteiger partial charge is 0.446 e. The molecule has 3 aromatic heterocycles. The van der Waals surface area contributed by atoms with Crippen molar-refractivity contribution in [2.24, 2.45) is 5.73 Å². The number of ether oxygens (including phenoxy) is 1. The molecule has 32 heavy (non-hydrogen) atoms. The molecule has 2 aliphatic carbocycles. The smallest absolute Gasteiger partial charge is 0.407 e. The van der Waals surface area contributed by atoms with Crippen LogP contribution in [0.3, 0.4) is 0 Å². The highest BCUT2D eigenvalue weighted by Gasteiger charge is 2.40. The molecule has 0 unspecified atom stereocenters. The van der Waals surface area contributed by atoms with Crippen molar-refractivity contribution < 1.29 is 9.53 Å². The molecule has 2 aliphatic rings. The molecule has 2 atom stereocenters. The molecule has 10 heteroatoms. The summed E-state index contributed by atoms with van der Waals surface area (Å²) in [7, 11) is 0. The van der Waals surface area contributed by atoms with Gasteiger partial charge in [0.15, 0.2) is 11.6 Å². The molecule has 5 N–H and O–H groups in total. The van der Waals surface area contributed by atoms with E-state index in [9.17, 15) is 4.79 Å². The fourth-order valence-electron chi connectivity index (χ4n) is 4.13. The Morgan fingerprint density at radius 2 is 2.16 bits per heavy atom. The number of aromatic nitrogens is 5. The van der Waals surface area contributed by atoms with Gasteiger partial charge in [-0.15, -0.1) is 0 Å². The van der Waals surface area contributed by atoms with E-state index in [4.69, 9.17) is 10.5 Å². The standard InChI is InChI=1S/C22H30N8O2/c1-21(2,23)17-12-16-19(24-8-9-30(16)29-17)25-18-11-15(27-28-18)13-4-5-14(10-13)32-20(31)26-22(3)6-7-22/h8-9,11-14H,4-7,10,23H2,1-3H3,(H,26,31)(H2,24,25,27,28)/t13-,14+/m0/s1. The van der Waals surface area contributed by atoms with Gasteiger partial charge in [0.05, 0.1) is 11.2 Å². The van der Waals surface area contributed by atoms with E-state index >= 15 is 0 Å². The molecule has 0 spiro atoms. The van der Waals surface area contributed by atoms with Gasteiger partial charge in [0.25, 0.3) is 0 Å². The molecule has 0 bridgehead atoms. The lowest BCUT2D eigenvalue weighted by Gasteiger charge is -2.16. The van der Waals surface area contributed by atoms with Crippen molar-refractivity contribution in [3.63, 3.8) is 0 Å². The molecule has 5 rings (SSSR count). The van der Waals surface area contributed by atoms with Gasteiger partial charge in [-0.1, -0.05) is 0 Å². The first-order valence-corrected chi connectivity index (χ1v) is 11.1. The van der Waals surface area contributed by atoms with Crippen LogP contribution in [0.1, 0.15) is 70.2 Å². The minimum absolute atomic E-state index is 0.0634. The van der Waals surface area contributed by atoms with E-state index in [0.29, 0.717) is 11.6 Å². The number of carbonyl (C=O) groups is 1. The second-order valence-electron chi connectivity index (χ2n) is 9.91. The zero-order chi connectivity index (χ0) is 22.5. The summed E-state index contributed by atoms with van der Waals surface area (Å²) < 4.78 is 7.39. The van der Waals surface area contributed by atoms with E-state index in [0.717, 1.165) is 49.0 Å². The average Bonchev–Trinajstić information content (AvgIpc) is 3.17. The maximum Gasteiger partial charge on any atom is 0.407 e. The lowest BCUT2D eigenvalue weighted by atomic mass is 10.0. The third-order valence-electron chi connectivity index (χ3n) is 6.40. The maximum atomic E-state index is 12.1. The van der Waals surface area contributed by atoms with Crippen molar-refractivity contribution in [2.45, 2.75) is 76.0 Å².